The maximum absolute atomic E-state index is 15.0. The molecule has 2 fully saturated rings. The van der Waals surface area contributed by atoms with Crippen LogP contribution in [-0.4, -0.2) is 49.6 Å². The molecule has 3 aromatic rings. The number of halogens is 1. The maximum atomic E-state index is 15.0. The lowest BCUT2D eigenvalue weighted by Crippen LogP contribution is -2.32. The summed E-state index contributed by atoms with van der Waals surface area (Å²) < 4.78 is 28.0. The van der Waals surface area contributed by atoms with E-state index in [-0.39, 0.29) is 17.5 Å². The lowest BCUT2D eigenvalue weighted by atomic mass is 10.1. The molecule has 3 heterocycles. The van der Waals surface area contributed by atoms with Crippen molar-refractivity contribution in [2.75, 3.05) is 37.7 Å². The average molecular weight is 452 g/mol. The van der Waals surface area contributed by atoms with Crippen LogP contribution in [-0.2, 0) is 4.74 Å². The van der Waals surface area contributed by atoms with Crippen LogP contribution in [0.25, 0.3) is 16.5 Å². The van der Waals surface area contributed by atoms with Gasteiger partial charge in [0.1, 0.15) is 18.2 Å². The molecule has 0 aliphatic carbocycles. The Labute approximate surface area is 192 Å². The zero-order chi connectivity index (χ0) is 22.8. The van der Waals surface area contributed by atoms with Crippen molar-refractivity contribution in [1.82, 2.24) is 9.88 Å². The molecule has 1 aromatic heterocycles. The molecule has 0 saturated carbocycles. The molecule has 2 saturated heterocycles. The van der Waals surface area contributed by atoms with Crippen LogP contribution in [0, 0.1) is 5.82 Å². The largest absolute Gasteiger partial charge is 0.491 e. The van der Waals surface area contributed by atoms with Gasteiger partial charge in [-0.15, -0.1) is 0 Å². The van der Waals surface area contributed by atoms with Gasteiger partial charge in [-0.2, -0.15) is 0 Å². The fraction of sp³-hybridized carbons (Fsp3) is 0.423. The van der Waals surface area contributed by atoms with Crippen LogP contribution in [0.15, 0.2) is 53.5 Å². The molecule has 2 aliphatic rings. The van der Waals surface area contributed by atoms with Gasteiger partial charge in [0.2, 0.25) is 0 Å². The number of hydrogen-bond acceptors (Lipinski definition) is 5. The van der Waals surface area contributed by atoms with E-state index >= 15 is 4.39 Å². The zero-order valence-corrected chi connectivity index (χ0v) is 18.9. The number of nitrogens with zero attached hydrogens (tertiary/aromatic N) is 2. The molecule has 2 aliphatic heterocycles. The number of benzene rings is 2. The summed E-state index contributed by atoms with van der Waals surface area (Å²) in [6.45, 7) is 5.91. The Morgan fingerprint density at radius 2 is 2.09 bits per heavy atom. The molecular formula is C26H30FN3O3. The highest BCUT2D eigenvalue weighted by Crippen LogP contribution is 2.26. The second-order valence-corrected chi connectivity index (χ2v) is 8.81. The predicted molar refractivity (Wildman–Crippen MR) is 128 cm³/mol. The van der Waals surface area contributed by atoms with Crippen molar-refractivity contribution < 1.29 is 13.9 Å². The molecule has 0 amide bonds. The summed E-state index contributed by atoms with van der Waals surface area (Å²) in [5, 5.41) is 4.79. The van der Waals surface area contributed by atoms with E-state index in [0.29, 0.717) is 35.2 Å². The minimum atomic E-state index is -0.311. The van der Waals surface area contributed by atoms with Gasteiger partial charge in [0.15, 0.2) is 0 Å². The van der Waals surface area contributed by atoms with Crippen LogP contribution >= 0.6 is 0 Å². The number of likely N-dealkylation sites (N-methyl/N-ethyl adjacent to an activating group) is 1. The van der Waals surface area contributed by atoms with Crippen LogP contribution in [0.1, 0.15) is 26.2 Å². The van der Waals surface area contributed by atoms with Crippen molar-refractivity contribution in [1.29, 1.82) is 0 Å². The van der Waals surface area contributed by atoms with Crippen molar-refractivity contribution in [3.63, 3.8) is 0 Å². The second kappa shape index (κ2) is 9.53. The third-order valence-corrected chi connectivity index (χ3v) is 6.57. The summed E-state index contributed by atoms with van der Waals surface area (Å²) in [5.41, 5.74) is 0.920. The monoisotopic (exact) mass is 451 g/mol. The van der Waals surface area contributed by atoms with Crippen LogP contribution in [0.4, 0.5) is 10.1 Å². The van der Waals surface area contributed by atoms with Gasteiger partial charge in [0, 0.05) is 43.4 Å². The third-order valence-electron chi connectivity index (χ3n) is 6.57. The molecule has 0 bridgehead atoms. The van der Waals surface area contributed by atoms with Gasteiger partial charge < -0.3 is 19.7 Å². The minimum absolute atomic E-state index is 0.140. The quantitative estimate of drug-likeness (QED) is 0.591. The average Bonchev–Trinajstić information content (AvgIpc) is 3.50. The van der Waals surface area contributed by atoms with E-state index in [1.807, 2.05) is 18.2 Å². The van der Waals surface area contributed by atoms with E-state index in [9.17, 15) is 4.79 Å². The van der Waals surface area contributed by atoms with Crippen molar-refractivity contribution >= 4 is 16.5 Å². The van der Waals surface area contributed by atoms with E-state index in [1.165, 1.54) is 10.6 Å². The highest BCUT2D eigenvalue weighted by atomic mass is 19.1. The van der Waals surface area contributed by atoms with Crippen LogP contribution in [0.2, 0.25) is 0 Å². The minimum Gasteiger partial charge on any atom is -0.491 e. The SMILES string of the molecule is CCNC1CCN(c2ccc(-n3ccc4cc(OC[C@H]5CCCO5)ccc4c3=O)cc2F)C1. The molecule has 1 unspecified atom stereocenters. The number of aromatic nitrogens is 1. The Balaban J connectivity index is 1.36. The molecule has 0 radical (unpaired) electrons. The summed E-state index contributed by atoms with van der Waals surface area (Å²) in [6.07, 6.45) is 4.92. The summed E-state index contributed by atoms with van der Waals surface area (Å²) >= 11 is 0. The number of ether oxygens (including phenoxy) is 2. The lowest BCUT2D eigenvalue weighted by molar-refractivity contribution is 0.0680. The molecule has 2 atom stereocenters. The molecule has 33 heavy (non-hydrogen) atoms. The number of pyridine rings is 1. The van der Waals surface area contributed by atoms with Gasteiger partial charge in [-0.05, 0) is 67.6 Å². The summed E-state index contributed by atoms with van der Waals surface area (Å²) in [5.74, 6) is 0.404. The number of anilines is 1. The Kier molecular flexibility index (Phi) is 6.33. The van der Waals surface area contributed by atoms with Gasteiger partial charge in [0.05, 0.1) is 17.5 Å². The number of nitrogens with one attached hydrogen (secondary N) is 1. The highest BCUT2D eigenvalue weighted by molar-refractivity contribution is 5.83. The highest BCUT2D eigenvalue weighted by Gasteiger charge is 2.24. The Hall–Kier alpha value is -2.90. The van der Waals surface area contributed by atoms with Gasteiger partial charge in [0.25, 0.3) is 5.56 Å². The molecule has 0 spiro atoms. The van der Waals surface area contributed by atoms with Crippen LogP contribution in [0.5, 0.6) is 5.75 Å². The summed E-state index contributed by atoms with van der Waals surface area (Å²) in [4.78, 5) is 15.2. The molecule has 1 N–H and O–H groups in total. The number of hydrogen-bond donors (Lipinski definition) is 1. The maximum Gasteiger partial charge on any atom is 0.262 e. The molecule has 6 nitrogen and oxygen atoms in total. The van der Waals surface area contributed by atoms with E-state index in [4.69, 9.17) is 9.47 Å². The van der Waals surface area contributed by atoms with E-state index < -0.39 is 0 Å². The Morgan fingerprint density at radius 1 is 1.18 bits per heavy atom. The molecule has 7 heteroatoms. The normalized spacial score (nSPS) is 20.6. The zero-order valence-electron chi connectivity index (χ0n) is 18.9. The van der Waals surface area contributed by atoms with Gasteiger partial charge in [-0.25, -0.2) is 4.39 Å². The second-order valence-electron chi connectivity index (χ2n) is 8.81. The summed E-state index contributed by atoms with van der Waals surface area (Å²) in [7, 11) is 0. The van der Waals surface area contributed by atoms with E-state index in [1.54, 1.807) is 24.4 Å². The van der Waals surface area contributed by atoms with Crippen LogP contribution in [0.3, 0.4) is 0 Å². The number of fused-ring (bicyclic) bond motifs is 1. The Morgan fingerprint density at radius 3 is 2.88 bits per heavy atom. The van der Waals surface area contributed by atoms with Gasteiger partial charge >= 0.3 is 0 Å². The fourth-order valence-corrected chi connectivity index (χ4v) is 4.82. The first-order valence-corrected chi connectivity index (χ1v) is 11.8. The van der Waals surface area contributed by atoms with Crippen molar-refractivity contribution in [2.45, 2.75) is 38.3 Å². The van der Waals surface area contributed by atoms with Crippen molar-refractivity contribution in [2.24, 2.45) is 0 Å². The van der Waals surface area contributed by atoms with Crippen molar-refractivity contribution in [3.05, 3.63) is 64.8 Å². The Bertz CT molecular complexity index is 1190. The molecule has 174 valence electrons. The van der Waals surface area contributed by atoms with Crippen LogP contribution < -0.4 is 20.5 Å². The predicted octanol–water partition coefficient (Wildman–Crippen LogP) is 3.88. The number of rotatable bonds is 7. The first kappa shape index (κ1) is 21.9. The first-order chi connectivity index (χ1) is 16.1. The first-order valence-electron chi connectivity index (χ1n) is 11.8. The van der Waals surface area contributed by atoms with Gasteiger partial charge in [-0.3, -0.25) is 9.36 Å². The van der Waals surface area contributed by atoms with Crippen molar-refractivity contribution in [3.8, 4) is 11.4 Å². The standard InChI is InChI=1S/C26H30FN3O3/c1-2-28-19-10-11-29(16-19)25-8-5-20(15-24(25)27)30-12-9-18-14-21(6-7-23(18)26(30)31)33-17-22-4-3-13-32-22/h5-9,12,14-15,19,22,28H,2-4,10-11,13,16-17H2,1H3/t19?,22-/m1/s1. The lowest BCUT2D eigenvalue weighted by Gasteiger charge is -2.20. The molecule has 5 rings (SSSR count). The summed E-state index contributed by atoms with van der Waals surface area (Å²) in [6, 6.07) is 12.7. The van der Waals surface area contributed by atoms with E-state index in [0.717, 1.165) is 50.9 Å². The molecular weight excluding hydrogens is 421 g/mol. The molecule has 2 aromatic carbocycles. The van der Waals surface area contributed by atoms with E-state index in [2.05, 4.69) is 17.1 Å². The third kappa shape index (κ3) is 4.61. The fourth-order valence-electron chi connectivity index (χ4n) is 4.82. The smallest absolute Gasteiger partial charge is 0.262 e. The topological polar surface area (TPSA) is 55.7 Å². The van der Waals surface area contributed by atoms with Gasteiger partial charge in [-0.1, -0.05) is 6.92 Å².